The standard InChI is InChI=1S/C9H11ClFNO2/c1-6-8(11)3-7(9(10)12-6)4-14-5-13-2/h3H,4-5H2,1-2H3. The summed E-state index contributed by atoms with van der Waals surface area (Å²) in [6.45, 7) is 1.89. The number of hydrogen-bond donors (Lipinski definition) is 0. The Kier molecular flexibility index (Phi) is 4.25. The number of rotatable bonds is 4. The number of hydrogen-bond acceptors (Lipinski definition) is 3. The predicted octanol–water partition coefficient (Wildman–Crippen LogP) is 2.30. The fourth-order valence-corrected chi connectivity index (χ4v) is 1.16. The van der Waals surface area contributed by atoms with Crippen molar-refractivity contribution < 1.29 is 13.9 Å². The van der Waals surface area contributed by atoms with Crippen LogP contribution in [0.3, 0.4) is 0 Å². The highest BCUT2D eigenvalue weighted by Crippen LogP contribution is 2.17. The molecule has 0 saturated carbocycles. The second-order valence-corrected chi connectivity index (χ2v) is 3.12. The van der Waals surface area contributed by atoms with Crippen molar-refractivity contribution >= 4 is 11.6 Å². The third-order valence-electron chi connectivity index (χ3n) is 1.64. The van der Waals surface area contributed by atoms with Crippen LogP contribution >= 0.6 is 11.6 Å². The molecule has 1 aromatic heterocycles. The Morgan fingerprint density at radius 3 is 2.93 bits per heavy atom. The molecule has 1 aromatic rings. The zero-order valence-electron chi connectivity index (χ0n) is 8.01. The van der Waals surface area contributed by atoms with Crippen LogP contribution in [-0.2, 0) is 16.1 Å². The number of aryl methyl sites for hydroxylation is 1. The van der Waals surface area contributed by atoms with Gasteiger partial charge in [-0.1, -0.05) is 11.6 Å². The Morgan fingerprint density at radius 1 is 1.57 bits per heavy atom. The molecule has 0 saturated heterocycles. The summed E-state index contributed by atoms with van der Waals surface area (Å²) in [6, 6.07) is 1.32. The van der Waals surface area contributed by atoms with Gasteiger partial charge in [0.05, 0.1) is 12.3 Å². The third-order valence-corrected chi connectivity index (χ3v) is 1.96. The number of halogens is 2. The van der Waals surface area contributed by atoms with Crippen molar-refractivity contribution in [1.29, 1.82) is 0 Å². The first-order chi connectivity index (χ1) is 6.65. The quantitative estimate of drug-likeness (QED) is 0.442. The number of pyridine rings is 1. The van der Waals surface area contributed by atoms with Crippen molar-refractivity contribution in [2.45, 2.75) is 13.5 Å². The third kappa shape index (κ3) is 2.90. The van der Waals surface area contributed by atoms with Gasteiger partial charge in [-0.2, -0.15) is 0 Å². The number of nitrogens with zero attached hydrogens (tertiary/aromatic N) is 1. The summed E-state index contributed by atoms with van der Waals surface area (Å²) in [7, 11) is 1.51. The van der Waals surface area contributed by atoms with Crippen LogP contribution in [-0.4, -0.2) is 18.9 Å². The Balaban J connectivity index is 2.72. The Labute approximate surface area is 86.8 Å². The highest BCUT2D eigenvalue weighted by Gasteiger charge is 2.07. The lowest BCUT2D eigenvalue weighted by atomic mass is 10.2. The number of ether oxygens (including phenoxy) is 2. The van der Waals surface area contributed by atoms with Gasteiger partial charge in [-0.25, -0.2) is 9.37 Å². The van der Waals surface area contributed by atoms with Crippen LogP contribution in [0.25, 0.3) is 0 Å². The van der Waals surface area contributed by atoms with Crippen molar-refractivity contribution in [2.75, 3.05) is 13.9 Å². The first-order valence-corrected chi connectivity index (χ1v) is 4.41. The minimum Gasteiger partial charge on any atom is -0.359 e. The van der Waals surface area contributed by atoms with Crippen LogP contribution in [0.4, 0.5) is 4.39 Å². The Hall–Kier alpha value is -0.710. The van der Waals surface area contributed by atoms with Gasteiger partial charge in [0, 0.05) is 12.7 Å². The van der Waals surface area contributed by atoms with Crippen LogP contribution in [0.5, 0.6) is 0 Å². The van der Waals surface area contributed by atoms with E-state index in [-0.39, 0.29) is 30.1 Å². The second kappa shape index (κ2) is 5.24. The first kappa shape index (κ1) is 11.4. The summed E-state index contributed by atoms with van der Waals surface area (Å²) in [6.07, 6.45) is 0. The molecule has 5 heteroatoms. The van der Waals surface area contributed by atoms with Gasteiger partial charge < -0.3 is 9.47 Å². The topological polar surface area (TPSA) is 31.4 Å². The van der Waals surface area contributed by atoms with Gasteiger partial charge in [0.2, 0.25) is 0 Å². The zero-order chi connectivity index (χ0) is 10.6. The molecule has 0 N–H and O–H groups in total. The van der Waals surface area contributed by atoms with E-state index in [0.717, 1.165) is 0 Å². The molecule has 0 atom stereocenters. The monoisotopic (exact) mass is 219 g/mol. The number of aromatic nitrogens is 1. The molecule has 3 nitrogen and oxygen atoms in total. The predicted molar refractivity (Wildman–Crippen MR) is 50.6 cm³/mol. The SMILES string of the molecule is COCOCc1cc(F)c(C)nc1Cl. The lowest BCUT2D eigenvalue weighted by Gasteiger charge is -2.06. The van der Waals surface area contributed by atoms with E-state index >= 15 is 0 Å². The van der Waals surface area contributed by atoms with Crippen molar-refractivity contribution in [3.05, 3.63) is 28.3 Å². The smallest absolute Gasteiger partial charge is 0.146 e. The van der Waals surface area contributed by atoms with Crippen molar-refractivity contribution in [3.63, 3.8) is 0 Å². The van der Waals surface area contributed by atoms with E-state index in [1.165, 1.54) is 13.2 Å². The summed E-state index contributed by atoms with van der Waals surface area (Å²) in [5, 5.41) is 0.264. The maximum atomic E-state index is 13.1. The van der Waals surface area contributed by atoms with Gasteiger partial charge in [0.25, 0.3) is 0 Å². The largest absolute Gasteiger partial charge is 0.359 e. The zero-order valence-corrected chi connectivity index (χ0v) is 8.77. The van der Waals surface area contributed by atoms with Crippen LogP contribution in [0, 0.1) is 12.7 Å². The molecule has 0 unspecified atom stereocenters. The van der Waals surface area contributed by atoms with E-state index in [9.17, 15) is 4.39 Å². The Bertz CT molecular complexity index is 320. The van der Waals surface area contributed by atoms with Gasteiger partial charge in [-0.05, 0) is 13.0 Å². The molecule has 0 aliphatic heterocycles. The van der Waals surface area contributed by atoms with Crippen LogP contribution in [0.15, 0.2) is 6.07 Å². The van der Waals surface area contributed by atoms with Crippen molar-refractivity contribution in [2.24, 2.45) is 0 Å². The molecule has 0 spiro atoms. The molecule has 0 aromatic carbocycles. The molecule has 0 radical (unpaired) electrons. The van der Waals surface area contributed by atoms with Crippen LogP contribution < -0.4 is 0 Å². The van der Waals surface area contributed by atoms with E-state index in [2.05, 4.69) is 9.72 Å². The minimum absolute atomic E-state index is 0.145. The maximum absolute atomic E-state index is 13.1. The van der Waals surface area contributed by atoms with Gasteiger partial charge >= 0.3 is 0 Å². The summed E-state index contributed by atoms with van der Waals surface area (Å²) in [5.74, 6) is -0.384. The summed E-state index contributed by atoms with van der Waals surface area (Å²) in [5.41, 5.74) is 0.803. The number of methoxy groups -OCH3 is 1. The van der Waals surface area contributed by atoms with Crippen LogP contribution in [0.2, 0.25) is 5.15 Å². The first-order valence-electron chi connectivity index (χ1n) is 4.03. The average Bonchev–Trinajstić information content (AvgIpc) is 2.14. The summed E-state index contributed by atoms with van der Waals surface area (Å²) < 4.78 is 22.8. The second-order valence-electron chi connectivity index (χ2n) is 2.76. The minimum atomic E-state index is -0.384. The molecule has 0 bridgehead atoms. The normalized spacial score (nSPS) is 10.6. The fraction of sp³-hybridized carbons (Fsp3) is 0.444. The molecular formula is C9H11ClFNO2. The maximum Gasteiger partial charge on any atom is 0.146 e. The van der Waals surface area contributed by atoms with E-state index in [0.29, 0.717) is 5.56 Å². The average molecular weight is 220 g/mol. The lowest BCUT2D eigenvalue weighted by molar-refractivity contribution is -0.0391. The molecule has 78 valence electrons. The van der Waals surface area contributed by atoms with E-state index < -0.39 is 0 Å². The lowest BCUT2D eigenvalue weighted by Crippen LogP contribution is -2.00. The molecule has 0 fully saturated rings. The molecule has 0 aliphatic rings. The molecule has 0 aliphatic carbocycles. The van der Waals surface area contributed by atoms with E-state index in [4.69, 9.17) is 16.3 Å². The summed E-state index contributed by atoms with van der Waals surface area (Å²) in [4.78, 5) is 3.82. The molecular weight excluding hydrogens is 209 g/mol. The van der Waals surface area contributed by atoms with Gasteiger partial charge in [0.1, 0.15) is 17.8 Å². The van der Waals surface area contributed by atoms with Gasteiger partial charge in [0.15, 0.2) is 0 Å². The van der Waals surface area contributed by atoms with Gasteiger partial charge in [-0.15, -0.1) is 0 Å². The van der Waals surface area contributed by atoms with Crippen molar-refractivity contribution in [3.8, 4) is 0 Å². The van der Waals surface area contributed by atoms with Crippen LogP contribution in [0.1, 0.15) is 11.3 Å². The Morgan fingerprint density at radius 2 is 2.29 bits per heavy atom. The van der Waals surface area contributed by atoms with Crippen molar-refractivity contribution in [1.82, 2.24) is 4.98 Å². The van der Waals surface area contributed by atoms with Gasteiger partial charge in [-0.3, -0.25) is 0 Å². The highest BCUT2D eigenvalue weighted by atomic mass is 35.5. The molecule has 0 amide bonds. The molecule has 1 rings (SSSR count). The molecule has 1 heterocycles. The fourth-order valence-electron chi connectivity index (χ4n) is 0.926. The summed E-state index contributed by atoms with van der Waals surface area (Å²) >= 11 is 5.78. The van der Waals surface area contributed by atoms with E-state index in [1.807, 2.05) is 0 Å². The highest BCUT2D eigenvalue weighted by molar-refractivity contribution is 6.30. The molecule has 14 heavy (non-hydrogen) atoms. The van der Waals surface area contributed by atoms with E-state index in [1.54, 1.807) is 6.92 Å².